The first-order chi connectivity index (χ1) is 14.7. The molecule has 0 saturated carbocycles. The minimum atomic E-state index is -3.42. The molecule has 0 radical (unpaired) electrons. The lowest BCUT2D eigenvalue weighted by molar-refractivity contribution is -0.126. The van der Waals surface area contributed by atoms with Crippen LogP contribution in [0.2, 0.25) is 5.02 Å². The SMILES string of the molecule is Cc1ccc(OCCNC(=O)C2CCN(S(=O)(=O)Cc3ccc(Cl)cc3)CC2)c(C)c1. The highest BCUT2D eigenvalue weighted by Gasteiger charge is 2.31. The van der Waals surface area contributed by atoms with Gasteiger partial charge in [-0.1, -0.05) is 41.4 Å². The zero-order valence-electron chi connectivity index (χ0n) is 17.9. The molecular weight excluding hydrogens is 436 g/mol. The van der Waals surface area contributed by atoms with E-state index in [1.165, 1.54) is 9.87 Å². The molecule has 0 unspecified atom stereocenters. The van der Waals surface area contributed by atoms with Crippen LogP contribution in [0.3, 0.4) is 0 Å². The van der Waals surface area contributed by atoms with Gasteiger partial charge in [-0.25, -0.2) is 12.7 Å². The molecule has 0 spiro atoms. The summed E-state index contributed by atoms with van der Waals surface area (Å²) in [5, 5.41) is 3.48. The molecule has 8 heteroatoms. The fraction of sp³-hybridized carbons (Fsp3) is 0.435. The third kappa shape index (κ3) is 6.69. The first-order valence-electron chi connectivity index (χ1n) is 10.4. The zero-order chi connectivity index (χ0) is 22.4. The molecule has 0 bridgehead atoms. The van der Waals surface area contributed by atoms with Gasteiger partial charge in [0.05, 0.1) is 12.3 Å². The molecule has 1 aliphatic heterocycles. The van der Waals surface area contributed by atoms with Crippen LogP contribution in [0.15, 0.2) is 42.5 Å². The summed E-state index contributed by atoms with van der Waals surface area (Å²) in [5.74, 6) is 0.540. The predicted octanol–water partition coefficient (Wildman–Crippen LogP) is 3.69. The lowest BCUT2D eigenvalue weighted by atomic mass is 9.97. The minimum absolute atomic E-state index is 0.0426. The number of aryl methyl sites for hydroxylation is 2. The van der Waals surface area contributed by atoms with Crippen LogP contribution in [0.4, 0.5) is 0 Å². The second-order valence-corrected chi connectivity index (χ2v) is 10.4. The molecule has 1 saturated heterocycles. The monoisotopic (exact) mass is 464 g/mol. The van der Waals surface area contributed by atoms with Crippen molar-refractivity contribution < 1.29 is 17.9 Å². The van der Waals surface area contributed by atoms with E-state index in [2.05, 4.69) is 11.4 Å². The number of hydrogen-bond donors (Lipinski definition) is 1. The van der Waals surface area contributed by atoms with Gasteiger partial charge < -0.3 is 10.1 Å². The molecular formula is C23H29ClN2O4S. The number of amides is 1. The van der Waals surface area contributed by atoms with Gasteiger partial charge in [-0.05, 0) is 56.0 Å². The fourth-order valence-corrected chi connectivity index (χ4v) is 5.41. The van der Waals surface area contributed by atoms with Crippen LogP contribution < -0.4 is 10.1 Å². The summed E-state index contributed by atoms with van der Waals surface area (Å²) in [5.41, 5.74) is 2.95. The van der Waals surface area contributed by atoms with Crippen LogP contribution in [-0.2, 0) is 20.6 Å². The summed E-state index contributed by atoms with van der Waals surface area (Å²) in [6.07, 6.45) is 1.03. The van der Waals surface area contributed by atoms with E-state index in [1.807, 2.05) is 26.0 Å². The van der Waals surface area contributed by atoms with Crippen molar-refractivity contribution in [2.24, 2.45) is 5.92 Å². The molecule has 1 aliphatic rings. The normalized spacial score (nSPS) is 15.6. The molecule has 168 valence electrons. The zero-order valence-corrected chi connectivity index (χ0v) is 19.5. The third-order valence-corrected chi connectivity index (χ3v) is 7.57. The van der Waals surface area contributed by atoms with Gasteiger partial charge >= 0.3 is 0 Å². The van der Waals surface area contributed by atoms with Crippen molar-refractivity contribution in [2.75, 3.05) is 26.2 Å². The Labute approximate surface area is 189 Å². The molecule has 0 aromatic heterocycles. The Balaban J connectivity index is 1.41. The minimum Gasteiger partial charge on any atom is -0.491 e. The lowest BCUT2D eigenvalue weighted by Gasteiger charge is -2.30. The summed E-state index contributed by atoms with van der Waals surface area (Å²) in [6, 6.07) is 12.8. The van der Waals surface area contributed by atoms with Crippen molar-refractivity contribution in [2.45, 2.75) is 32.4 Å². The van der Waals surface area contributed by atoms with E-state index in [0.29, 0.717) is 49.7 Å². The van der Waals surface area contributed by atoms with E-state index in [4.69, 9.17) is 16.3 Å². The van der Waals surface area contributed by atoms with E-state index in [9.17, 15) is 13.2 Å². The van der Waals surface area contributed by atoms with Crippen LogP contribution in [0.25, 0.3) is 0 Å². The van der Waals surface area contributed by atoms with E-state index in [1.54, 1.807) is 24.3 Å². The van der Waals surface area contributed by atoms with Crippen LogP contribution >= 0.6 is 11.6 Å². The highest BCUT2D eigenvalue weighted by atomic mass is 35.5. The second-order valence-electron chi connectivity index (χ2n) is 7.96. The quantitative estimate of drug-likeness (QED) is 0.604. The van der Waals surface area contributed by atoms with Crippen LogP contribution in [0.1, 0.15) is 29.5 Å². The van der Waals surface area contributed by atoms with Gasteiger partial charge in [-0.15, -0.1) is 0 Å². The largest absolute Gasteiger partial charge is 0.491 e. The number of ether oxygens (including phenoxy) is 1. The molecule has 2 aromatic rings. The Hall–Kier alpha value is -2.09. The van der Waals surface area contributed by atoms with E-state index in [-0.39, 0.29) is 17.6 Å². The fourth-order valence-electron chi connectivity index (χ4n) is 3.72. The van der Waals surface area contributed by atoms with Gasteiger partial charge in [0.2, 0.25) is 15.9 Å². The molecule has 0 atom stereocenters. The van der Waals surface area contributed by atoms with Crippen molar-refractivity contribution in [1.29, 1.82) is 0 Å². The van der Waals surface area contributed by atoms with E-state index >= 15 is 0 Å². The van der Waals surface area contributed by atoms with Crippen LogP contribution in [0.5, 0.6) is 5.75 Å². The standard InChI is InChI=1S/C23H29ClN2O4S/c1-17-3-8-22(18(2)15-17)30-14-11-25-23(27)20-9-12-26(13-10-20)31(28,29)16-19-4-6-21(24)7-5-19/h3-8,15,20H,9-14,16H2,1-2H3,(H,25,27). The molecule has 0 aliphatic carbocycles. The van der Waals surface area contributed by atoms with Crippen molar-refractivity contribution in [1.82, 2.24) is 9.62 Å². The molecule has 31 heavy (non-hydrogen) atoms. The maximum absolute atomic E-state index is 12.7. The van der Waals surface area contributed by atoms with Gasteiger partial charge in [-0.3, -0.25) is 4.79 Å². The summed E-state index contributed by atoms with van der Waals surface area (Å²) in [4.78, 5) is 12.5. The molecule has 6 nitrogen and oxygen atoms in total. The Bertz CT molecular complexity index is 1000. The molecule has 1 fully saturated rings. The van der Waals surface area contributed by atoms with E-state index < -0.39 is 10.0 Å². The first kappa shape index (κ1) is 23.6. The van der Waals surface area contributed by atoms with Crippen molar-refractivity contribution in [3.8, 4) is 5.75 Å². The van der Waals surface area contributed by atoms with E-state index in [0.717, 1.165) is 11.3 Å². The number of piperidine rings is 1. The Morgan fingerprint density at radius 3 is 2.45 bits per heavy atom. The number of halogens is 1. The average molecular weight is 465 g/mol. The van der Waals surface area contributed by atoms with Crippen molar-refractivity contribution >= 4 is 27.5 Å². The predicted molar refractivity (Wildman–Crippen MR) is 123 cm³/mol. The highest BCUT2D eigenvalue weighted by molar-refractivity contribution is 7.88. The number of benzene rings is 2. The number of carbonyl (C=O) groups is 1. The molecule has 1 N–H and O–H groups in total. The number of nitrogens with zero attached hydrogens (tertiary/aromatic N) is 1. The van der Waals surface area contributed by atoms with Gasteiger partial charge in [0.15, 0.2) is 0 Å². The molecule has 3 rings (SSSR count). The third-order valence-electron chi connectivity index (χ3n) is 5.47. The van der Waals surface area contributed by atoms with Gasteiger partial charge in [0, 0.05) is 24.0 Å². The number of hydrogen-bond acceptors (Lipinski definition) is 4. The maximum atomic E-state index is 12.7. The average Bonchev–Trinajstić information content (AvgIpc) is 2.74. The van der Waals surface area contributed by atoms with Gasteiger partial charge in [0.1, 0.15) is 12.4 Å². The number of rotatable bonds is 8. The number of sulfonamides is 1. The Morgan fingerprint density at radius 2 is 1.81 bits per heavy atom. The van der Waals surface area contributed by atoms with Crippen LogP contribution in [0, 0.1) is 19.8 Å². The molecule has 1 amide bonds. The summed E-state index contributed by atoms with van der Waals surface area (Å²) in [7, 11) is -3.42. The highest BCUT2D eigenvalue weighted by Crippen LogP contribution is 2.22. The lowest BCUT2D eigenvalue weighted by Crippen LogP contribution is -2.43. The number of carbonyl (C=O) groups excluding carboxylic acids is 1. The van der Waals surface area contributed by atoms with Crippen molar-refractivity contribution in [3.63, 3.8) is 0 Å². The van der Waals surface area contributed by atoms with Crippen LogP contribution in [-0.4, -0.2) is 44.9 Å². The second kappa shape index (κ2) is 10.5. The molecule has 1 heterocycles. The van der Waals surface area contributed by atoms with Gasteiger partial charge in [-0.2, -0.15) is 0 Å². The Morgan fingerprint density at radius 1 is 1.13 bits per heavy atom. The number of nitrogens with one attached hydrogen (secondary N) is 1. The molecule has 2 aromatic carbocycles. The first-order valence-corrected chi connectivity index (χ1v) is 12.4. The summed E-state index contributed by atoms with van der Waals surface area (Å²) in [6.45, 7) is 5.55. The Kier molecular flexibility index (Phi) is 7.97. The summed E-state index contributed by atoms with van der Waals surface area (Å²) >= 11 is 5.86. The maximum Gasteiger partial charge on any atom is 0.223 e. The summed E-state index contributed by atoms with van der Waals surface area (Å²) < 4.78 is 32.6. The van der Waals surface area contributed by atoms with Gasteiger partial charge in [0.25, 0.3) is 0 Å². The van der Waals surface area contributed by atoms with Crippen molar-refractivity contribution in [3.05, 3.63) is 64.2 Å². The smallest absolute Gasteiger partial charge is 0.223 e. The topological polar surface area (TPSA) is 75.7 Å².